The number of benzene rings is 2. The highest BCUT2D eigenvalue weighted by Crippen LogP contribution is 2.33. The van der Waals surface area contributed by atoms with Gasteiger partial charge >= 0.3 is 0 Å². The Labute approximate surface area is 183 Å². The Balaban J connectivity index is 1.38. The smallest absolute Gasteiger partial charge is 0.243 e. The van der Waals surface area contributed by atoms with Gasteiger partial charge in [0.05, 0.1) is 24.2 Å². The molecule has 2 aromatic carbocycles. The van der Waals surface area contributed by atoms with Crippen LogP contribution in [0.4, 0.5) is 0 Å². The first-order valence-electron chi connectivity index (χ1n) is 10.7. The number of ether oxygens (including phenoxy) is 2. The van der Waals surface area contributed by atoms with Crippen molar-refractivity contribution in [3.63, 3.8) is 0 Å². The molecule has 7 nitrogen and oxygen atoms in total. The predicted molar refractivity (Wildman–Crippen MR) is 117 cm³/mol. The molecule has 2 aliphatic heterocycles. The number of rotatable bonds is 5. The maximum atomic E-state index is 13.1. The molecular formula is C23H28N2O5S. The van der Waals surface area contributed by atoms with E-state index in [1.165, 1.54) is 10.4 Å². The van der Waals surface area contributed by atoms with Crippen LogP contribution in [0.25, 0.3) is 0 Å². The van der Waals surface area contributed by atoms with E-state index >= 15 is 0 Å². The van der Waals surface area contributed by atoms with Gasteiger partial charge in [-0.05, 0) is 37.5 Å². The number of hydrogen-bond acceptors (Lipinski definition) is 5. The number of nitrogens with zero attached hydrogens (tertiary/aromatic N) is 1. The molecule has 0 radical (unpaired) electrons. The molecule has 1 N–H and O–H groups in total. The summed E-state index contributed by atoms with van der Waals surface area (Å²) >= 11 is 0. The van der Waals surface area contributed by atoms with Crippen LogP contribution in [0, 0.1) is 5.92 Å². The van der Waals surface area contributed by atoms with Crippen LogP contribution in [0.3, 0.4) is 0 Å². The maximum Gasteiger partial charge on any atom is 0.243 e. The molecule has 0 aliphatic carbocycles. The Morgan fingerprint density at radius 3 is 2.42 bits per heavy atom. The van der Waals surface area contributed by atoms with Crippen LogP contribution in [0.15, 0.2) is 53.4 Å². The summed E-state index contributed by atoms with van der Waals surface area (Å²) in [5.41, 5.74) is 1.05. The van der Waals surface area contributed by atoms with Crippen LogP contribution >= 0.6 is 0 Å². The van der Waals surface area contributed by atoms with Gasteiger partial charge in [0.15, 0.2) is 11.5 Å². The monoisotopic (exact) mass is 444 g/mol. The maximum absolute atomic E-state index is 13.1. The molecule has 166 valence electrons. The summed E-state index contributed by atoms with van der Waals surface area (Å²) in [6.45, 7) is 3.63. The summed E-state index contributed by atoms with van der Waals surface area (Å²) in [5, 5.41) is 3.05. The Morgan fingerprint density at radius 2 is 1.71 bits per heavy atom. The first kappa shape index (κ1) is 21.6. The van der Waals surface area contributed by atoms with E-state index in [4.69, 9.17) is 9.47 Å². The second-order valence-corrected chi connectivity index (χ2v) is 9.92. The first-order valence-corrected chi connectivity index (χ1v) is 12.1. The zero-order valence-corrected chi connectivity index (χ0v) is 18.4. The Hall–Kier alpha value is -2.58. The molecule has 0 spiro atoms. The molecule has 1 fully saturated rings. The molecule has 8 heteroatoms. The fraction of sp³-hybridized carbons (Fsp3) is 0.435. The van der Waals surface area contributed by atoms with E-state index in [1.54, 1.807) is 12.1 Å². The Morgan fingerprint density at radius 1 is 1.03 bits per heavy atom. The number of carbonyl (C=O) groups excluding carboxylic acids is 1. The molecule has 0 bridgehead atoms. The number of fused-ring (bicyclic) bond motifs is 1. The lowest BCUT2D eigenvalue weighted by molar-refractivity contribution is -0.126. The van der Waals surface area contributed by atoms with Gasteiger partial charge in [0.25, 0.3) is 0 Å². The highest BCUT2D eigenvalue weighted by molar-refractivity contribution is 7.89. The molecule has 31 heavy (non-hydrogen) atoms. The highest BCUT2D eigenvalue weighted by atomic mass is 32.2. The second-order valence-electron chi connectivity index (χ2n) is 7.98. The van der Waals surface area contributed by atoms with Gasteiger partial charge in [-0.25, -0.2) is 8.42 Å². The molecular weight excluding hydrogens is 416 g/mol. The van der Waals surface area contributed by atoms with E-state index in [2.05, 4.69) is 5.32 Å². The van der Waals surface area contributed by atoms with E-state index in [9.17, 15) is 13.2 Å². The zero-order chi connectivity index (χ0) is 21.8. The van der Waals surface area contributed by atoms with Crippen LogP contribution in [0.5, 0.6) is 11.5 Å². The molecule has 2 heterocycles. The third-order valence-electron chi connectivity index (χ3n) is 5.84. The van der Waals surface area contributed by atoms with E-state index in [0.717, 1.165) is 12.0 Å². The average molecular weight is 445 g/mol. The van der Waals surface area contributed by atoms with Gasteiger partial charge in [-0.1, -0.05) is 30.3 Å². The summed E-state index contributed by atoms with van der Waals surface area (Å²) in [4.78, 5) is 12.9. The zero-order valence-electron chi connectivity index (χ0n) is 17.6. The summed E-state index contributed by atoms with van der Waals surface area (Å²) in [6, 6.07) is 14.5. The summed E-state index contributed by atoms with van der Waals surface area (Å²) in [5.74, 6) is 0.812. The number of piperidine rings is 1. The van der Waals surface area contributed by atoms with Crippen LogP contribution in [-0.2, 0) is 14.8 Å². The van der Waals surface area contributed by atoms with Gasteiger partial charge in [0.1, 0.15) is 0 Å². The van der Waals surface area contributed by atoms with E-state index < -0.39 is 10.0 Å². The third kappa shape index (κ3) is 4.85. The second kappa shape index (κ2) is 9.28. The van der Waals surface area contributed by atoms with Crippen LogP contribution in [0.2, 0.25) is 0 Å². The largest absolute Gasteiger partial charge is 0.490 e. The lowest BCUT2D eigenvalue weighted by Crippen LogP contribution is -2.43. The van der Waals surface area contributed by atoms with Crippen LogP contribution in [0.1, 0.15) is 37.8 Å². The van der Waals surface area contributed by atoms with E-state index in [-0.39, 0.29) is 22.8 Å². The van der Waals surface area contributed by atoms with Crippen molar-refractivity contribution in [3.05, 3.63) is 54.1 Å². The SMILES string of the molecule is C[C@H](NC(=O)C1CCN(S(=O)(=O)c2ccc3c(c2)OCCCO3)CC1)c1ccccc1. The van der Waals surface area contributed by atoms with Gasteiger partial charge in [-0.15, -0.1) is 0 Å². The van der Waals surface area contributed by atoms with Crippen molar-refractivity contribution in [1.29, 1.82) is 0 Å². The molecule has 1 atom stereocenters. The number of nitrogens with one attached hydrogen (secondary N) is 1. The van der Waals surface area contributed by atoms with Crippen molar-refractivity contribution >= 4 is 15.9 Å². The Bertz CT molecular complexity index is 1020. The minimum absolute atomic E-state index is 0.0241. The summed E-state index contributed by atoms with van der Waals surface area (Å²) in [6.07, 6.45) is 1.75. The fourth-order valence-electron chi connectivity index (χ4n) is 3.97. The van der Waals surface area contributed by atoms with Gasteiger partial charge in [-0.2, -0.15) is 4.31 Å². The molecule has 0 aromatic heterocycles. The van der Waals surface area contributed by atoms with E-state index in [0.29, 0.717) is 50.6 Å². The minimum atomic E-state index is -3.66. The number of hydrogen-bond donors (Lipinski definition) is 1. The average Bonchev–Trinajstić information content (AvgIpc) is 3.04. The Kier molecular flexibility index (Phi) is 6.48. The number of sulfonamides is 1. The minimum Gasteiger partial charge on any atom is -0.490 e. The molecule has 2 aromatic rings. The first-order chi connectivity index (χ1) is 14.9. The van der Waals surface area contributed by atoms with Crippen LogP contribution in [-0.4, -0.2) is 44.9 Å². The number of amides is 1. The molecule has 4 rings (SSSR count). The van der Waals surface area contributed by atoms with Crippen molar-refractivity contribution in [1.82, 2.24) is 9.62 Å². The van der Waals surface area contributed by atoms with Gasteiger partial charge in [0.2, 0.25) is 15.9 Å². The number of carbonyl (C=O) groups is 1. The topological polar surface area (TPSA) is 84.9 Å². The van der Waals surface area contributed by atoms with Crippen molar-refractivity contribution in [2.45, 2.75) is 37.1 Å². The standard InChI is InChI=1S/C23H28N2O5S/c1-17(18-6-3-2-4-7-18)24-23(26)19-10-12-25(13-11-19)31(27,28)20-8-9-21-22(16-20)30-15-5-14-29-21/h2-4,6-9,16-17,19H,5,10-15H2,1H3,(H,24,26)/t17-/m0/s1. The predicted octanol–water partition coefficient (Wildman–Crippen LogP) is 3.13. The molecule has 1 saturated heterocycles. The molecule has 1 amide bonds. The third-order valence-corrected chi connectivity index (χ3v) is 7.73. The summed E-state index contributed by atoms with van der Waals surface area (Å²) < 4.78 is 38.9. The quantitative estimate of drug-likeness (QED) is 0.766. The van der Waals surface area contributed by atoms with E-state index in [1.807, 2.05) is 37.3 Å². The molecule has 2 aliphatic rings. The lowest BCUT2D eigenvalue weighted by Gasteiger charge is -2.31. The van der Waals surface area contributed by atoms with Crippen molar-refractivity contribution in [2.24, 2.45) is 5.92 Å². The van der Waals surface area contributed by atoms with Crippen molar-refractivity contribution < 1.29 is 22.7 Å². The molecule has 0 saturated carbocycles. The van der Waals surface area contributed by atoms with Crippen molar-refractivity contribution in [2.75, 3.05) is 26.3 Å². The van der Waals surface area contributed by atoms with Gasteiger partial charge in [0, 0.05) is 31.5 Å². The van der Waals surface area contributed by atoms with Gasteiger partial charge in [-0.3, -0.25) is 4.79 Å². The van der Waals surface area contributed by atoms with Crippen molar-refractivity contribution in [3.8, 4) is 11.5 Å². The normalized spacial score (nSPS) is 18.7. The van der Waals surface area contributed by atoms with Crippen LogP contribution < -0.4 is 14.8 Å². The summed E-state index contributed by atoms with van der Waals surface area (Å²) in [7, 11) is -3.66. The fourth-order valence-corrected chi connectivity index (χ4v) is 5.45. The van der Waals surface area contributed by atoms with Gasteiger partial charge < -0.3 is 14.8 Å². The lowest BCUT2D eigenvalue weighted by atomic mass is 9.96. The highest BCUT2D eigenvalue weighted by Gasteiger charge is 2.33. The molecule has 0 unspecified atom stereocenters.